The average molecular weight is 355 g/mol. The van der Waals surface area contributed by atoms with Gasteiger partial charge in [0.15, 0.2) is 0 Å². The Balaban J connectivity index is 1.86. The third kappa shape index (κ3) is 4.99. The van der Waals surface area contributed by atoms with Crippen molar-refractivity contribution in [3.8, 4) is 5.88 Å². The normalized spacial score (nSPS) is 10.4. The molecule has 0 aliphatic carbocycles. The van der Waals surface area contributed by atoms with Crippen molar-refractivity contribution in [2.24, 2.45) is 0 Å². The molecule has 0 unspecified atom stereocenters. The first-order valence-corrected chi connectivity index (χ1v) is 7.24. The molecule has 2 aromatic rings. The maximum Gasteiger partial charge on any atom is 0.213 e. The first kappa shape index (κ1) is 15.7. The van der Waals surface area contributed by atoms with Gasteiger partial charge < -0.3 is 14.8 Å². The van der Waals surface area contributed by atoms with Crippen LogP contribution in [0.2, 0.25) is 0 Å². The number of nitrogens with one attached hydrogen (secondary N) is 1. The second kappa shape index (κ2) is 7.95. The number of ether oxygens (including phenoxy) is 2. The summed E-state index contributed by atoms with van der Waals surface area (Å²) >= 11 is 3.13. The largest absolute Gasteiger partial charge is 0.475 e. The van der Waals surface area contributed by atoms with Gasteiger partial charge in [-0.1, -0.05) is 6.07 Å². The van der Waals surface area contributed by atoms with E-state index in [1.807, 2.05) is 12.1 Å². The molecule has 0 saturated heterocycles. The molecule has 0 amide bonds. The van der Waals surface area contributed by atoms with Crippen LogP contribution in [-0.4, -0.2) is 25.3 Å². The molecule has 1 heterocycles. The number of anilines is 1. The molecule has 0 saturated carbocycles. The molecule has 4 nitrogen and oxygen atoms in total. The number of hydrogen-bond acceptors (Lipinski definition) is 4. The van der Waals surface area contributed by atoms with E-state index in [1.165, 1.54) is 6.07 Å². The van der Waals surface area contributed by atoms with Crippen molar-refractivity contribution < 1.29 is 13.9 Å². The second-order valence-electron chi connectivity index (χ2n) is 4.33. The van der Waals surface area contributed by atoms with Gasteiger partial charge in [-0.3, -0.25) is 0 Å². The minimum Gasteiger partial charge on any atom is -0.475 e. The molecule has 21 heavy (non-hydrogen) atoms. The molecule has 0 radical (unpaired) electrons. The van der Waals surface area contributed by atoms with Crippen molar-refractivity contribution in [1.29, 1.82) is 0 Å². The minimum absolute atomic E-state index is 0.269. The summed E-state index contributed by atoms with van der Waals surface area (Å²) in [6.45, 7) is 1.51. The van der Waals surface area contributed by atoms with Crippen molar-refractivity contribution >= 4 is 21.6 Å². The van der Waals surface area contributed by atoms with Crippen LogP contribution in [0.3, 0.4) is 0 Å². The average Bonchev–Trinajstić information content (AvgIpc) is 2.50. The fourth-order valence-electron chi connectivity index (χ4n) is 1.65. The molecule has 1 aromatic carbocycles. The van der Waals surface area contributed by atoms with Crippen LogP contribution in [0.1, 0.15) is 5.56 Å². The zero-order chi connectivity index (χ0) is 15.1. The predicted octanol–water partition coefficient (Wildman–Crippen LogP) is 3.62. The molecule has 0 fully saturated rings. The number of benzene rings is 1. The summed E-state index contributed by atoms with van der Waals surface area (Å²) < 4.78 is 24.1. The van der Waals surface area contributed by atoms with Crippen LogP contribution in [0, 0.1) is 5.82 Å². The van der Waals surface area contributed by atoms with E-state index < -0.39 is 0 Å². The lowest BCUT2D eigenvalue weighted by molar-refractivity contribution is 0.144. The van der Waals surface area contributed by atoms with Crippen molar-refractivity contribution in [3.05, 3.63) is 52.4 Å². The Hall–Kier alpha value is -1.66. The number of pyridine rings is 1. The zero-order valence-electron chi connectivity index (χ0n) is 11.6. The van der Waals surface area contributed by atoms with Gasteiger partial charge in [0.2, 0.25) is 5.88 Å². The van der Waals surface area contributed by atoms with Crippen molar-refractivity contribution in [2.45, 2.75) is 6.54 Å². The first-order valence-electron chi connectivity index (χ1n) is 6.44. The van der Waals surface area contributed by atoms with Gasteiger partial charge in [-0.25, -0.2) is 9.37 Å². The SMILES string of the molecule is COCCOc1ccc(NCc2ccc(Br)c(F)c2)cn1. The second-order valence-corrected chi connectivity index (χ2v) is 5.18. The highest BCUT2D eigenvalue weighted by atomic mass is 79.9. The van der Waals surface area contributed by atoms with Crippen LogP contribution in [0.5, 0.6) is 5.88 Å². The van der Waals surface area contributed by atoms with E-state index in [1.54, 1.807) is 25.4 Å². The van der Waals surface area contributed by atoms with E-state index in [0.29, 0.717) is 30.1 Å². The lowest BCUT2D eigenvalue weighted by Crippen LogP contribution is -2.05. The Kier molecular flexibility index (Phi) is 5.95. The maximum absolute atomic E-state index is 13.4. The van der Waals surface area contributed by atoms with Crippen LogP contribution in [0.25, 0.3) is 0 Å². The Morgan fingerprint density at radius 3 is 2.76 bits per heavy atom. The molecule has 2 rings (SSSR count). The number of hydrogen-bond donors (Lipinski definition) is 1. The van der Waals surface area contributed by atoms with Crippen LogP contribution >= 0.6 is 15.9 Å². The van der Waals surface area contributed by atoms with E-state index in [9.17, 15) is 4.39 Å². The third-order valence-electron chi connectivity index (χ3n) is 2.75. The summed E-state index contributed by atoms with van der Waals surface area (Å²) in [5.74, 6) is 0.279. The van der Waals surface area contributed by atoms with Crippen LogP contribution in [-0.2, 0) is 11.3 Å². The molecule has 112 valence electrons. The Morgan fingerprint density at radius 2 is 2.10 bits per heavy atom. The number of aromatic nitrogens is 1. The highest BCUT2D eigenvalue weighted by Crippen LogP contribution is 2.18. The van der Waals surface area contributed by atoms with Crippen LogP contribution in [0.15, 0.2) is 41.0 Å². The zero-order valence-corrected chi connectivity index (χ0v) is 13.2. The summed E-state index contributed by atoms with van der Waals surface area (Å²) in [6.07, 6.45) is 1.68. The Morgan fingerprint density at radius 1 is 1.24 bits per heavy atom. The minimum atomic E-state index is -0.269. The molecule has 1 aromatic heterocycles. The highest BCUT2D eigenvalue weighted by Gasteiger charge is 2.01. The predicted molar refractivity (Wildman–Crippen MR) is 83.0 cm³/mol. The summed E-state index contributed by atoms with van der Waals surface area (Å²) in [6, 6.07) is 8.68. The number of rotatable bonds is 7. The number of halogens is 2. The molecule has 0 spiro atoms. The molecule has 0 bridgehead atoms. The van der Waals surface area contributed by atoms with Crippen molar-refractivity contribution in [2.75, 3.05) is 25.6 Å². The Labute approximate surface area is 131 Å². The fraction of sp³-hybridized carbons (Fsp3) is 0.267. The highest BCUT2D eigenvalue weighted by molar-refractivity contribution is 9.10. The monoisotopic (exact) mass is 354 g/mol. The maximum atomic E-state index is 13.4. The van der Waals surface area contributed by atoms with Gasteiger partial charge >= 0.3 is 0 Å². The molecule has 0 atom stereocenters. The van der Waals surface area contributed by atoms with E-state index >= 15 is 0 Å². The van der Waals surface area contributed by atoms with Crippen LogP contribution < -0.4 is 10.1 Å². The molecule has 6 heteroatoms. The van der Waals surface area contributed by atoms with Crippen molar-refractivity contribution in [3.63, 3.8) is 0 Å². The molecule has 0 aliphatic rings. The van der Waals surface area contributed by atoms with Gasteiger partial charge in [-0.2, -0.15) is 0 Å². The molecular weight excluding hydrogens is 339 g/mol. The van der Waals surface area contributed by atoms with E-state index in [2.05, 4.69) is 26.2 Å². The quantitative estimate of drug-likeness (QED) is 0.771. The fourth-order valence-corrected chi connectivity index (χ4v) is 1.90. The van der Waals surface area contributed by atoms with E-state index in [4.69, 9.17) is 9.47 Å². The van der Waals surface area contributed by atoms with Gasteiger partial charge in [0, 0.05) is 19.7 Å². The van der Waals surface area contributed by atoms with Gasteiger partial charge in [0.05, 0.1) is 23.0 Å². The molecule has 1 N–H and O–H groups in total. The van der Waals surface area contributed by atoms with Gasteiger partial charge in [-0.05, 0) is 39.7 Å². The van der Waals surface area contributed by atoms with Gasteiger partial charge in [0.1, 0.15) is 12.4 Å². The van der Waals surface area contributed by atoms with Crippen LogP contribution in [0.4, 0.5) is 10.1 Å². The number of methoxy groups -OCH3 is 1. The summed E-state index contributed by atoms with van der Waals surface area (Å²) in [5.41, 5.74) is 1.70. The standard InChI is InChI=1S/C15H16BrFN2O2/c1-20-6-7-21-15-5-3-12(10-19-15)18-9-11-2-4-13(16)14(17)8-11/h2-5,8,10,18H,6-7,9H2,1H3. The lowest BCUT2D eigenvalue weighted by atomic mass is 10.2. The number of nitrogens with zero attached hydrogens (tertiary/aromatic N) is 1. The Bertz CT molecular complexity index is 578. The molecule has 0 aliphatic heterocycles. The van der Waals surface area contributed by atoms with Gasteiger partial charge in [-0.15, -0.1) is 0 Å². The van der Waals surface area contributed by atoms with E-state index in [0.717, 1.165) is 11.3 Å². The van der Waals surface area contributed by atoms with Gasteiger partial charge in [0.25, 0.3) is 0 Å². The van der Waals surface area contributed by atoms with E-state index in [-0.39, 0.29) is 5.82 Å². The first-order chi connectivity index (χ1) is 10.2. The topological polar surface area (TPSA) is 43.4 Å². The lowest BCUT2D eigenvalue weighted by Gasteiger charge is -2.08. The third-order valence-corrected chi connectivity index (χ3v) is 3.40. The summed E-state index contributed by atoms with van der Waals surface area (Å²) in [5, 5.41) is 3.18. The smallest absolute Gasteiger partial charge is 0.213 e. The summed E-state index contributed by atoms with van der Waals surface area (Å²) in [7, 11) is 1.62. The summed E-state index contributed by atoms with van der Waals surface area (Å²) in [4.78, 5) is 4.17. The molecular formula is C15H16BrFN2O2. The van der Waals surface area contributed by atoms with Crippen molar-refractivity contribution in [1.82, 2.24) is 4.98 Å².